The molecule has 1 fully saturated rings. The number of fused-ring (bicyclic) bond motifs is 1. The Hall–Kier alpha value is -3.13. The number of carbonyl (C=O) groups is 2. The number of ether oxygens (including phenoxy) is 2. The highest BCUT2D eigenvalue weighted by Crippen LogP contribution is 2.38. The summed E-state index contributed by atoms with van der Waals surface area (Å²) >= 11 is 0. The van der Waals surface area contributed by atoms with E-state index in [0.717, 1.165) is 21.6 Å². The van der Waals surface area contributed by atoms with E-state index in [4.69, 9.17) is 9.47 Å². The summed E-state index contributed by atoms with van der Waals surface area (Å²) in [7, 11) is 1.43. The van der Waals surface area contributed by atoms with E-state index in [1.165, 1.54) is 7.05 Å². The van der Waals surface area contributed by atoms with Crippen LogP contribution in [0.25, 0.3) is 11.1 Å². The standard InChI is InChI=1S/C22H23FN2O5/c1-24(22(27)28)19-12-17-10-16(11-18(13-23)20(17)30-19)14-2-4-15(5-3-14)21(26)25-6-8-29-9-7-25/h2-5,10-11,19H,6-9,12-13H2,1H3,(H,27,28). The molecule has 0 saturated carbocycles. The van der Waals surface area contributed by atoms with Gasteiger partial charge >= 0.3 is 6.09 Å². The number of halogens is 1. The van der Waals surface area contributed by atoms with Crippen LogP contribution in [-0.2, 0) is 17.8 Å². The van der Waals surface area contributed by atoms with Gasteiger partial charge in [0.25, 0.3) is 5.91 Å². The van der Waals surface area contributed by atoms with Crippen LogP contribution >= 0.6 is 0 Å². The van der Waals surface area contributed by atoms with Crippen LogP contribution in [-0.4, -0.2) is 66.5 Å². The average Bonchev–Trinajstić information content (AvgIpc) is 3.22. The van der Waals surface area contributed by atoms with Crippen LogP contribution in [0.1, 0.15) is 21.5 Å². The Morgan fingerprint density at radius 2 is 1.87 bits per heavy atom. The van der Waals surface area contributed by atoms with E-state index < -0.39 is 19.0 Å². The lowest BCUT2D eigenvalue weighted by Crippen LogP contribution is -2.40. The Labute approximate surface area is 173 Å². The first-order valence-corrected chi connectivity index (χ1v) is 9.79. The van der Waals surface area contributed by atoms with Gasteiger partial charge in [0.05, 0.1) is 13.2 Å². The van der Waals surface area contributed by atoms with E-state index >= 15 is 0 Å². The highest BCUT2D eigenvalue weighted by atomic mass is 19.1. The second-order valence-corrected chi connectivity index (χ2v) is 7.41. The number of hydrogen-bond donors (Lipinski definition) is 1. The molecule has 0 bridgehead atoms. The average molecular weight is 414 g/mol. The molecule has 8 heteroatoms. The summed E-state index contributed by atoms with van der Waals surface area (Å²) in [6, 6.07) is 10.8. The second kappa shape index (κ2) is 8.31. The number of likely N-dealkylation sites (N-methyl/N-ethyl adjacent to an activating group) is 1. The number of carboxylic acid groups (broad SMARTS) is 1. The van der Waals surface area contributed by atoms with Crippen LogP contribution < -0.4 is 4.74 Å². The Kier molecular flexibility index (Phi) is 5.59. The zero-order chi connectivity index (χ0) is 21.3. The lowest BCUT2D eigenvalue weighted by molar-refractivity contribution is 0.0303. The second-order valence-electron chi connectivity index (χ2n) is 7.41. The van der Waals surface area contributed by atoms with E-state index in [1.54, 1.807) is 23.1 Å². The van der Waals surface area contributed by atoms with Gasteiger partial charge in [-0.25, -0.2) is 9.18 Å². The molecule has 0 aliphatic carbocycles. The monoisotopic (exact) mass is 414 g/mol. The number of alkyl halides is 1. The molecule has 0 radical (unpaired) electrons. The first-order chi connectivity index (χ1) is 14.5. The van der Waals surface area contributed by atoms with Crippen molar-refractivity contribution in [3.63, 3.8) is 0 Å². The summed E-state index contributed by atoms with van der Waals surface area (Å²) in [6.45, 7) is 1.54. The zero-order valence-corrected chi connectivity index (χ0v) is 16.6. The molecule has 1 N–H and O–H groups in total. The van der Waals surface area contributed by atoms with Gasteiger partial charge in [-0.15, -0.1) is 0 Å². The number of carbonyl (C=O) groups excluding carboxylic acids is 1. The molecule has 1 saturated heterocycles. The highest BCUT2D eigenvalue weighted by molar-refractivity contribution is 5.94. The van der Waals surface area contributed by atoms with Crippen LogP contribution in [0.5, 0.6) is 5.75 Å². The third kappa shape index (κ3) is 3.82. The predicted molar refractivity (Wildman–Crippen MR) is 107 cm³/mol. The van der Waals surface area contributed by atoms with Crippen molar-refractivity contribution in [2.45, 2.75) is 19.3 Å². The Morgan fingerprint density at radius 1 is 1.17 bits per heavy atom. The quantitative estimate of drug-likeness (QED) is 0.832. The Morgan fingerprint density at radius 3 is 2.50 bits per heavy atom. The Balaban J connectivity index is 1.57. The molecule has 1 atom stereocenters. The van der Waals surface area contributed by atoms with Crippen molar-refractivity contribution in [1.82, 2.24) is 9.80 Å². The number of amides is 2. The van der Waals surface area contributed by atoms with Crippen molar-refractivity contribution >= 4 is 12.0 Å². The minimum atomic E-state index is -1.10. The maximum absolute atomic E-state index is 13.7. The molecule has 2 aliphatic rings. The first-order valence-electron chi connectivity index (χ1n) is 9.79. The van der Waals surface area contributed by atoms with E-state index in [9.17, 15) is 19.1 Å². The van der Waals surface area contributed by atoms with E-state index in [2.05, 4.69) is 0 Å². The largest absolute Gasteiger partial charge is 0.469 e. The van der Waals surface area contributed by atoms with Gasteiger partial charge in [-0.2, -0.15) is 0 Å². The first kappa shape index (κ1) is 20.2. The summed E-state index contributed by atoms with van der Waals surface area (Å²) in [4.78, 5) is 26.7. The topological polar surface area (TPSA) is 79.3 Å². The van der Waals surface area contributed by atoms with Crippen molar-refractivity contribution < 1.29 is 28.6 Å². The van der Waals surface area contributed by atoms with E-state index in [0.29, 0.717) is 49.6 Å². The number of morpholine rings is 1. The molecule has 2 aliphatic heterocycles. The lowest BCUT2D eigenvalue weighted by atomic mass is 9.97. The smallest absolute Gasteiger partial charge is 0.409 e. The van der Waals surface area contributed by atoms with Gasteiger partial charge in [0.1, 0.15) is 12.4 Å². The zero-order valence-electron chi connectivity index (χ0n) is 16.6. The molecule has 0 spiro atoms. The van der Waals surface area contributed by atoms with E-state index in [1.807, 2.05) is 18.2 Å². The fraction of sp³-hybridized carbons (Fsp3) is 0.364. The van der Waals surface area contributed by atoms with Crippen LogP contribution in [0.2, 0.25) is 0 Å². The van der Waals surface area contributed by atoms with Crippen molar-refractivity contribution in [2.24, 2.45) is 0 Å². The lowest BCUT2D eigenvalue weighted by Gasteiger charge is -2.26. The fourth-order valence-electron chi connectivity index (χ4n) is 3.78. The number of hydrogen-bond acceptors (Lipinski definition) is 4. The minimum absolute atomic E-state index is 0.0313. The number of benzene rings is 2. The van der Waals surface area contributed by atoms with Crippen LogP contribution in [0, 0.1) is 0 Å². The SMILES string of the molecule is CN(C(=O)O)C1Cc2cc(-c3ccc(C(=O)N4CCOCC4)cc3)cc(CF)c2O1. The summed E-state index contributed by atoms with van der Waals surface area (Å²) < 4.78 is 24.7. The molecule has 1 unspecified atom stereocenters. The summed E-state index contributed by atoms with van der Waals surface area (Å²) in [5.74, 6) is 0.384. The van der Waals surface area contributed by atoms with Gasteiger partial charge in [-0.1, -0.05) is 12.1 Å². The Bertz CT molecular complexity index is 957. The summed E-state index contributed by atoms with van der Waals surface area (Å²) in [5, 5.41) is 9.18. The molecule has 2 aromatic rings. The molecule has 7 nitrogen and oxygen atoms in total. The molecule has 4 rings (SSSR count). The highest BCUT2D eigenvalue weighted by Gasteiger charge is 2.31. The van der Waals surface area contributed by atoms with Gasteiger partial charge in [0, 0.05) is 43.2 Å². The van der Waals surface area contributed by atoms with Crippen molar-refractivity contribution in [3.05, 3.63) is 53.1 Å². The number of rotatable bonds is 4. The molecule has 2 amide bonds. The van der Waals surface area contributed by atoms with Gasteiger partial charge in [-0.3, -0.25) is 9.69 Å². The molecule has 2 aromatic carbocycles. The van der Waals surface area contributed by atoms with Crippen LogP contribution in [0.3, 0.4) is 0 Å². The van der Waals surface area contributed by atoms with Gasteiger partial charge < -0.3 is 19.5 Å². The van der Waals surface area contributed by atoms with Crippen molar-refractivity contribution in [3.8, 4) is 16.9 Å². The molecular weight excluding hydrogens is 391 g/mol. The third-order valence-corrected chi connectivity index (χ3v) is 5.53. The van der Waals surface area contributed by atoms with Crippen molar-refractivity contribution in [1.29, 1.82) is 0 Å². The van der Waals surface area contributed by atoms with Crippen LogP contribution in [0.4, 0.5) is 9.18 Å². The molecule has 30 heavy (non-hydrogen) atoms. The van der Waals surface area contributed by atoms with Crippen molar-refractivity contribution in [2.75, 3.05) is 33.4 Å². The third-order valence-electron chi connectivity index (χ3n) is 5.53. The molecule has 2 heterocycles. The predicted octanol–water partition coefficient (Wildman–Crippen LogP) is 3.17. The maximum atomic E-state index is 13.7. The minimum Gasteiger partial charge on any atom is -0.469 e. The summed E-state index contributed by atoms with van der Waals surface area (Å²) in [6.07, 6.45) is -1.42. The molecular formula is C22H23FN2O5. The summed E-state index contributed by atoms with van der Waals surface area (Å²) in [5.41, 5.74) is 3.40. The fourth-order valence-corrected chi connectivity index (χ4v) is 3.78. The van der Waals surface area contributed by atoms with Gasteiger partial charge in [0.15, 0.2) is 6.23 Å². The van der Waals surface area contributed by atoms with Gasteiger partial charge in [-0.05, 0) is 35.4 Å². The van der Waals surface area contributed by atoms with Gasteiger partial charge in [0.2, 0.25) is 0 Å². The maximum Gasteiger partial charge on any atom is 0.409 e. The normalized spacial score (nSPS) is 17.9. The van der Waals surface area contributed by atoms with Crippen LogP contribution in [0.15, 0.2) is 36.4 Å². The molecule has 158 valence electrons. The number of nitrogens with zero attached hydrogens (tertiary/aromatic N) is 2. The van der Waals surface area contributed by atoms with E-state index in [-0.39, 0.29) is 5.91 Å². The molecule has 0 aromatic heterocycles.